The van der Waals surface area contributed by atoms with Gasteiger partial charge in [0, 0.05) is 17.8 Å². The number of rotatable bonds is 4. The van der Waals surface area contributed by atoms with Gasteiger partial charge in [-0.25, -0.2) is 0 Å². The molecule has 0 aliphatic heterocycles. The number of nitrogens with one attached hydrogen (secondary N) is 1. The molecule has 0 fully saturated rings. The van der Waals surface area contributed by atoms with Crippen LogP contribution in [-0.2, 0) is 6.18 Å². The van der Waals surface area contributed by atoms with Crippen LogP contribution in [0.5, 0.6) is 0 Å². The number of halogens is 3. The van der Waals surface area contributed by atoms with Gasteiger partial charge in [-0.15, -0.1) is 0 Å². The fourth-order valence-corrected chi connectivity index (χ4v) is 1.44. The molecule has 0 saturated carbocycles. The Bertz CT molecular complexity index is 473. The zero-order valence-corrected chi connectivity index (χ0v) is 10.8. The maximum Gasteiger partial charge on any atom is 0.423 e. The Morgan fingerprint density at radius 3 is 2.26 bits per heavy atom. The summed E-state index contributed by atoms with van der Waals surface area (Å²) in [4.78, 5) is 9.57. The number of nitro groups is 1. The van der Waals surface area contributed by atoms with Crippen molar-refractivity contribution < 1.29 is 18.1 Å². The number of anilines is 1. The topological polar surface area (TPSA) is 55.2 Å². The van der Waals surface area contributed by atoms with Gasteiger partial charge < -0.3 is 5.32 Å². The van der Waals surface area contributed by atoms with E-state index >= 15 is 0 Å². The van der Waals surface area contributed by atoms with Crippen molar-refractivity contribution in [3.05, 3.63) is 33.9 Å². The van der Waals surface area contributed by atoms with Gasteiger partial charge >= 0.3 is 6.18 Å². The van der Waals surface area contributed by atoms with E-state index in [-0.39, 0.29) is 17.6 Å². The first kappa shape index (κ1) is 15.3. The number of hydrogen-bond acceptors (Lipinski definition) is 3. The molecular formula is C12H15F3N2O2. The average Bonchev–Trinajstić information content (AvgIpc) is 2.27. The zero-order chi connectivity index (χ0) is 14.8. The molecular weight excluding hydrogens is 261 g/mol. The lowest BCUT2D eigenvalue weighted by Gasteiger charge is -2.19. The molecule has 0 aliphatic rings. The Morgan fingerprint density at radius 1 is 1.26 bits per heavy atom. The van der Waals surface area contributed by atoms with Crippen LogP contribution in [0.4, 0.5) is 24.5 Å². The minimum Gasteiger partial charge on any atom is -0.382 e. The first-order valence-corrected chi connectivity index (χ1v) is 5.75. The van der Waals surface area contributed by atoms with Crippen LogP contribution in [0, 0.1) is 16.0 Å². The number of hydrogen-bond donors (Lipinski definition) is 1. The molecule has 1 atom stereocenters. The molecule has 0 amide bonds. The van der Waals surface area contributed by atoms with E-state index < -0.39 is 22.4 Å². The molecule has 0 bridgehead atoms. The summed E-state index contributed by atoms with van der Waals surface area (Å²) in [5.41, 5.74) is -1.95. The van der Waals surface area contributed by atoms with Gasteiger partial charge in [0.15, 0.2) is 0 Å². The number of nitro benzene ring substituents is 1. The van der Waals surface area contributed by atoms with Gasteiger partial charge in [0.05, 0.1) is 4.92 Å². The Balaban J connectivity index is 3.16. The lowest BCUT2D eigenvalue weighted by atomic mass is 10.1. The van der Waals surface area contributed by atoms with Gasteiger partial charge in [-0.3, -0.25) is 10.1 Å². The van der Waals surface area contributed by atoms with Gasteiger partial charge in [0.2, 0.25) is 0 Å². The summed E-state index contributed by atoms with van der Waals surface area (Å²) in [6.45, 7) is 5.68. The molecule has 1 aromatic rings. The molecule has 7 heteroatoms. The van der Waals surface area contributed by atoms with E-state index in [9.17, 15) is 23.3 Å². The highest BCUT2D eigenvalue weighted by Crippen LogP contribution is 2.37. The maximum absolute atomic E-state index is 12.8. The van der Waals surface area contributed by atoms with Crippen molar-refractivity contribution in [1.82, 2.24) is 0 Å². The van der Waals surface area contributed by atoms with Gasteiger partial charge in [-0.05, 0) is 25.0 Å². The smallest absolute Gasteiger partial charge is 0.382 e. The Morgan fingerprint density at radius 2 is 1.84 bits per heavy atom. The van der Waals surface area contributed by atoms with Crippen molar-refractivity contribution in [2.75, 3.05) is 5.32 Å². The third-order valence-electron chi connectivity index (χ3n) is 2.89. The quantitative estimate of drug-likeness (QED) is 0.666. The van der Waals surface area contributed by atoms with Crippen LogP contribution in [0.15, 0.2) is 18.2 Å². The minimum absolute atomic E-state index is 0.0393. The predicted octanol–water partition coefficient (Wildman–Crippen LogP) is 4.07. The van der Waals surface area contributed by atoms with Crippen molar-refractivity contribution in [3.63, 3.8) is 0 Å². The fourth-order valence-electron chi connectivity index (χ4n) is 1.44. The largest absolute Gasteiger partial charge is 0.423 e. The zero-order valence-electron chi connectivity index (χ0n) is 10.8. The molecule has 0 aromatic heterocycles. The van der Waals surface area contributed by atoms with Gasteiger partial charge in [0.25, 0.3) is 5.69 Å². The number of benzene rings is 1. The summed E-state index contributed by atoms with van der Waals surface area (Å²) in [6, 6.07) is 2.89. The van der Waals surface area contributed by atoms with Crippen molar-refractivity contribution in [2.45, 2.75) is 33.0 Å². The molecule has 106 valence electrons. The monoisotopic (exact) mass is 276 g/mol. The fraction of sp³-hybridized carbons (Fsp3) is 0.500. The molecule has 19 heavy (non-hydrogen) atoms. The summed E-state index contributed by atoms with van der Waals surface area (Å²) >= 11 is 0. The normalized spacial score (nSPS) is 13.4. The van der Waals surface area contributed by atoms with E-state index in [1.54, 1.807) is 0 Å². The van der Waals surface area contributed by atoms with Crippen LogP contribution >= 0.6 is 0 Å². The summed E-state index contributed by atoms with van der Waals surface area (Å²) in [5, 5.41) is 13.5. The number of nitrogens with zero attached hydrogens (tertiary/aromatic N) is 1. The summed E-state index contributed by atoms with van der Waals surface area (Å²) < 4.78 is 38.3. The molecule has 0 heterocycles. The highest BCUT2D eigenvalue weighted by molar-refractivity contribution is 5.55. The van der Waals surface area contributed by atoms with E-state index in [0.717, 1.165) is 12.1 Å². The van der Waals surface area contributed by atoms with E-state index in [0.29, 0.717) is 0 Å². The van der Waals surface area contributed by atoms with Crippen molar-refractivity contribution >= 4 is 11.4 Å². The van der Waals surface area contributed by atoms with Crippen LogP contribution in [0.1, 0.15) is 26.3 Å². The number of alkyl halides is 3. The SMILES string of the molecule is CC(C)C(C)Nc1ccc([N+](=O)[O-])c(C(F)(F)F)c1. The Hall–Kier alpha value is -1.79. The lowest BCUT2D eigenvalue weighted by molar-refractivity contribution is -0.388. The molecule has 0 radical (unpaired) electrons. The third kappa shape index (κ3) is 3.84. The molecule has 1 N–H and O–H groups in total. The van der Waals surface area contributed by atoms with Crippen molar-refractivity contribution in [2.24, 2.45) is 5.92 Å². The van der Waals surface area contributed by atoms with Gasteiger partial charge in [-0.2, -0.15) is 13.2 Å². The second kappa shape index (κ2) is 5.46. The Labute approximate surface area is 108 Å². The van der Waals surface area contributed by atoms with Crippen LogP contribution in [0.25, 0.3) is 0 Å². The highest BCUT2D eigenvalue weighted by Gasteiger charge is 2.38. The predicted molar refractivity (Wildman–Crippen MR) is 66.0 cm³/mol. The van der Waals surface area contributed by atoms with E-state index in [1.165, 1.54) is 6.07 Å². The molecule has 0 aliphatic carbocycles. The van der Waals surface area contributed by atoms with Crippen LogP contribution in [0.3, 0.4) is 0 Å². The van der Waals surface area contributed by atoms with Crippen LogP contribution in [-0.4, -0.2) is 11.0 Å². The molecule has 0 spiro atoms. The standard InChI is InChI=1S/C12H15F3N2O2/c1-7(2)8(3)16-9-4-5-11(17(18)19)10(6-9)12(13,14)15/h4-8,16H,1-3H3. The highest BCUT2D eigenvalue weighted by atomic mass is 19.4. The summed E-state index contributed by atoms with van der Waals surface area (Å²) in [7, 11) is 0. The van der Waals surface area contributed by atoms with Crippen molar-refractivity contribution in [3.8, 4) is 0 Å². The summed E-state index contributed by atoms with van der Waals surface area (Å²) in [5.74, 6) is 0.226. The van der Waals surface area contributed by atoms with Crippen molar-refractivity contribution in [1.29, 1.82) is 0 Å². The van der Waals surface area contributed by atoms with E-state index in [1.807, 2.05) is 20.8 Å². The molecule has 0 saturated heterocycles. The first-order chi connectivity index (χ1) is 8.62. The average molecular weight is 276 g/mol. The second-order valence-electron chi connectivity index (χ2n) is 4.66. The van der Waals surface area contributed by atoms with Gasteiger partial charge in [-0.1, -0.05) is 13.8 Å². The van der Waals surface area contributed by atoms with Gasteiger partial charge in [0.1, 0.15) is 5.56 Å². The van der Waals surface area contributed by atoms with Crippen LogP contribution in [0.2, 0.25) is 0 Å². The molecule has 1 unspecified atom stereocenters. The third-order valence-corrected chi connectivity index (χ3v) is 2.89. The first-order valence-electron chi connectivity index (χ1n) is 5.75. The molecule has 4 nitrogen and oxygen atoms in total. The maximum atomic E-state index is 12.8. The molecule has 1 aromatic carbocycles. The van der Waals surface area contributed by atoms with E-state index in [2.05, 4.69) is 5.32 Å². The Kier molecular flexibility index (Phi) is 4.39. The second-order valence-corrected chi connectivity index (χ2v) is 4.66. The lowest BCUT2D eigenvalue weighted by Crippen LogP contribution is -2.22. The summed E-state index contributed by atoms with van der Waals surface area (Å²) in [6.07, 6.45) is -4.75. The molecule has 1 rings (SSSR count). The minimum atomic E-state index is -4.75. The van der Waals surface area contributed by atoms with Crippen LogP contribution < -0.4 is 5.32 Å². The van der Waals surface area contributed by atoms with E-state index in [4.69, 9.17) is 0 Å².